The molecule has 0 atom stereocenters. The lowest BCUT2D eigenvalue weighted by Gasteiger charge is -2.21. The second-order valence-corrected chi connectivity index (χ2v) is 7.42. The molecule has 1 aromatic heterocycles. The van der Waals surface area contributed by atoms with Gasteiger partial charge in [-0.15, -0.1) is 5.10 Å². The Bertz CT molecular complexity index is 693. The second kappa shape index (κ2) is 8.33. The number of benzene rings is 1. The topological polar surface area (TPSA) is 75.9 Å². The van der Waals surface area contributed by atoms with Crippen LogP contribution >= 0.6 is 11.8 Å². The minimum absolute atomic E-state index is 0.0548. The maximum absolute atomic E-state index is 12.2. The highest BCUT2D eigenvalue weighted by Crippen LogP contribution is 2.30. The molecule has 3 rings (SSSR count). The zero-order chi connectivity index (χ0) is 17.6. The molecule has 2 aromatic rings. The van der Waals surface area contributed by atoms with E-state index in [4.69, 9.17) is 0 Å². The number of nitrogens with one attached hydrogen (secondary N) is 1. The summed E-state index contributed by atoms with van der Waals surface area (Å²) in [6, 6.07) is 8.14. The Kier molecular flexibility index (Phi) is 5.91. The number of nitrogens with zero attached hydrogens (tertiary/aromatic N) is 5. The van der Waals surface area contributed by atoms with E-state index >= 15 is 0 Å². The largest absolute Gasteiger partial charge is 0.378 e. The summed E-state index contributed by atoms with van der Waals surface area (Å²) in [7, 11) is 3.97. The Hall–Kier alpha value is -2.09. The van der Waals surface area contributed by atoms with E-state index in [-0.39, 0.29) is 5.91 Å². The molecule has 1 aliphatic rings. The smallest absolute Gasteiger partial charge is 0.234 e. The molecule has 25 heavy (non-hydrogen) atoms. The number of hydrogen-bond acceptors (Lipinski definition) is 6. The van der Waals surface area contributed by atoms with Crippen LogP contribution in [0.2, 0.25) is 0 Å². The minimum Gasteiger partial charge on any atom is -0.378 e. The summed E-state index contributed by atoms with van der Waals surface area (Å²) in [6.07, 6.45) is 5.96. The van der Waals surface area contributed by atoms with Gasteiger partial charge in [-0.1, -0.05) is 31.0 Å². The van der Waals surface area contributed by atoms with Gasteiger partial charge in [-0.25, -0.2) is 4.68 Å². The molecule has 7 nitrogen and oxygen atoms in total. The van der Waals surface area contributed by atoms with Crippen LogP contribution in [0.3, 0.4) is 0 Å². The number of carbonyl (C=O) groups is 1. The third-order valence-electron chi connectivity index (χ3n) is 4.38. The number of tetrazole rings is 1. The fourth-order valence-electron chi connectivity index (χ4n) is 3.01. The Balaban J connectivity index is 1.53. The first-order chi connectivity index (χ1) is 12.1. The molecule has 0 unspecified atom stereocenters. The average Bonchev–Trinajstić information content (AvgIpc) is 3.10. The fraction of sp³-hybridized carbons (Fsp3) is 0.529. The second-order valence-electron chi connectivity index (χ2n) is 6.48. The Morgan fingerprint density at radius 1 is 1.24 bits per heavy atom. The molecule has 1 aliphatic carbocycles. The number of thioether (sulfide) groups is 1. The Morgan fingerprint density at radius 2 is 1.96 bits per heavy atom. The highest BCUT2D eigenvalue weighted by molar-refractivity contribution is 7.99. The van der Waals surface area contributed by atoms with Gasteiger partial charge < -0.3 is 10.2 Å². The van der Waals surface area contributed by atoms with Crippen molar-refractivity contribution >= 4 is 29.0 Å². The molecular weight excluding hydrogens is 336 g/mol. The molecule has 1 amide bonds. The van der Waals surface area contributed by atoms with Crippen molar-refractivity contribution in [2.24, 2.45) is 0 Å². The third kappa shape index (κ3) is 4.72. The minimum atomic E-state index is -0.0548. The highest BCUT2D eigenvalue weighted by atomic mass is 32.2. The average molecular weight is 360 g/mol. The molecule has 134 valence electrons. The lowest BCUT2D eigenvalue weighted by molar-refractivity contribution is -0.113. The molecule has 0 spiro atoms. The summed E-state index contributed by atoms with van der Waals surface area (Å²) in [5.74, 6) is 0.239. The number of rotatable bonds is 6. The van der Waals surface area contributed by atoms with Crippen LogP contribution in [0.1, 0.15) is 38.1 Å². The maximum Gasteiger partial charge on any atom is 0.234 e. The zero-order valence-electron chi connectivity index (χ0n) is 14.7. The summed E-state index contributed by atoms with van der Waals surface area (Å²) in [5, 5.41) is 15.6. The number of amides is 1. The van der Waals surface area contributed by atoms with Crippen molar-refractivity contribution in [3.63, 3.8) is 0 Å². The lowest BCUT2D eigenvalue weighted by atomic mass is 9.96. The van der Waals surface area contributed by atoms with Gasteiger partial charge in [0.05, 0.1) is 11.8 Å². The van der Waals surface area contributed by atoms with Crippen molar-refractivity contribution in [1.29, 1.82) is 0 Å². The van der Waals surface area contributed by atoms with Gasteiger partial charge in [-0.2, -0.15) is 0 Å². The molecule has 0 aliphatic heterocycles. The van der Waals surface area contributed by atoms with Gasteiger partial charge in [0.25, 0.3) is 0 Å². The van der Waals surface area contributed by atoms with Crippen LogP contribution in [-0.2, 0) is 4.79 Å². The van der Waals surface area contributed by atoms with Crippen LogP contribution < -0.4 is 10.2 Å². The molecular formula is C17H24N6OS. The standard InChI is InChI=1S/C17H24N6OS/c1-22(2)14-10-8-13(9-11-14)18-16(24)12-25-17-19-20-21-23(17)15-6-4-3-5-7-15/h8-11,15H,3-7,12H2,1-2H3,(H,18,24). The summed E-state index contributed by atoms with van der Waals surface area (Å²) in [6.45, 7) is 0. The van der Waals surface area contributed by atoms with E-state index in [9.17, 15) is 4.79 Å². The summed E-state index contributed by atoms with van der Waals surface area (Å²) in [4.78, 5) is 14.2. The van der Waals surface area contributed by atoms with Gasteiger partial charge in [-0.3, -0.25) is 4.79 Å². The van der Waals surface area contributed by atoms with Gasteiger partial charge in [0, 0.05) is 25.5 Å². The van der Waals surface area contributed by atoms with Crippen molar-refractivity contribution in [1.82, 2.24) is 20.2 Å². The van der Waals surface area contributed by atoms with E-state index in [0.29, 0.717) is 11.8 Å². The molecule has 1 heterocycles. The summed E-state index contributed by atoms with van der Waals surface area (Å²) in [5.41, 5.74) is 1.89. The molecule has 0 saturated heterocycles. The predicted octanol–water partition coefficient (Wildman–Crippen LogP) is 2.98. The molecule has 1 N–H and O–H groups in total. The van der Waals surface area contributed by atoms with Crippen LogP contribution in [0.5, 0.6) is 0 Å². The Labute approximate surface area is 152 Å². The first-order valence-electron chi connectivity index (χ1n) is 8.61. The van der Waals surface area contributed by atoms with Crippen LogP contribution in [0, 0.1) is 0 Å². The first kappa shape index (κ1) is 17.7. The number of anilines is 2. The van der Waals surface area contributed by atoms with Crippen molar-refractivity contribution in [2.75, 3.05) is 30.1 Å². The molecule has 1 aromatic carbocycles. The first-order valence-corrected chi connectivity index (χ1v) is 9.60. The van der Waals surface area contributed by atoms with Gasteiger partial charge in [0.15, 0.2) is 0 Å². The zero-order valence-corrected chi connectivity index (χ0v) is 15.5. The van der Waals surface area contributed by atoms with Crippen LogP contribution in [0.4, 0.5) is 11.4 Å². The highest BCUT2D eigenvalue weighted by Gasteiger charge is 2.20. The van der Waals surface area contributed by atoms with Gasteiger partial charge in [0.2, 0.25) is 11.1 Å². The molecule has 1 saturated carbocycles. The summed E-state index contributed by atoms with van der Waals surface area (Å²) >= 11 is 1.39. The van der Waals surface area contributed by atoms with E-state index in [1.165, 1.54) is 31.0 Å². The van der Waals surface area contributed by atoms with E-state index in [1.807, 2.05) is 47.9 Å². The summed E-state index contributed by atoms with van der Waals surface area (Å²) < 4.78 is 1.89. The molecule has 0 radical (unpaired) electrons. The molecule has 0 bridgehead atoms. The number of hydrogen-bond donors (Lipinski definition) is 1. The number of carbonyl (C=O) groups excluding carboxylic acids is 1. The van der Waals surface area contributed by atoms with E-state index in [0.717, 1.165) is 29.4 Å². The third-order valence-corrected chi connectivity index (χ3v) is 5.32. The van der Waals surface area contributed by atoms with E-state index in [1.54, 1.807) is 0 Å². The van der Waals surface area contributed by atoms with Crippen molar-refractivity contribution in [3.8, 4) is 0 Å². The van der Waals surface area contributed by atoms with Gasteiger partial charge in [0.1, 0.15) is 0 Å². The van der Waals surface area contributed by atoms with E-state index in [2.05, 4.69) is 20.8 Å². The Morgan fingerprint density at radius 3 is 2.64 bits per heavy atom. The normalized spacial score (nSPS) is 15.1. The lowest BCUT2D eigenvalue weighted by Crippen LogP contribution is -2.17. The monoisotopic (exact) mass is 360 g/mol. The maximum atomic E-state index is 12.2. The quantitative estimate of drug-likeness (QED) is 0.798. The fourth-order valence-corrected chi connectivity index (χ4v) is 3.75. The number of aromatic nitrogens is 4. The van der Waals surface area contributed by atoms with Crippen molar-refractivity contribution in [3.05, 3.63) is 24.3 Å². The van der Waals surface area contributed by atoms with Crippen LogP contribution in [0.15, 0.2) is 29.4 Å². The van der Waals surface area contributed by atoms with Gasteiger partial charge in [-0.05, 0) is 47.5 Å². The SMILES string of the molecule is CN(C)c1ccc(NC(=O)CSc2nnnn2C2CCCCC2)cc1. The van der Waals surface area contributed by atoms with Crippen molar-refractivity contribution in [2.45, 2.75) is 43.3 Å². The van der Waals surface area contributed by atoms with Gasteiger partial charge >= 0.3 is 0 Å². The van der Waals surface area contributed by atoms with Crippen LogP contribution in [0.25, 0.3) is 0 Å². The van der Waals surface area contributed by atoms with Crippen molar-refractivity contribution < 1.29 is 4.79 Å². The molecule has 8 heteroatoms. The predicted molar refractivity (Wildman–Crippen MR) is 100 cm³/mol. The van der Waals surface area contributed by atoms with E-state index < -0.39 is 0 Å². The van der Waals surface area contributed by atoms with Crippen LogP contribution in [-0.4, -0.2) is 46.0 Å². The molecule has 1 fully saturated rings.